The van der Waals surface area contributed by atoms with Gasteiger partial charge in [-0.1, -0.05) is 0 Å². The smallest absolute Gasteiger partial charge is 0.252 e. The molecule has 88 valence electrons. The lowest BCUT2D eigenvalue weighted by atomic mass is 10.3. The highest BCUT2D eigenvalue weighted by molar-refractivity contribution is 5.93. The topological polar surface area (TPSA) is 63.2 Å². The molecule has 2 N–H and O–H groups in total. The molecule has 0 aliphatic heterocycles. The Kier molecular flexibility index (Phi) is 6.13. The zero-order chi connectivity index (χ0) is 11.6. The molecular formula is C11H17N3O2. The number of ether oxygens (including phenoxy) is 1. The van der Waals surface area contributed by atoms with Crippen molar-refractivity contribution >= 4 is 5.91 Å². The number of amides is 1. The van der Waals surface area contributed by atoms with Crippen LogP contribution in [0.5, 0.6) is 0 Å². The van der Waals surface area contributed by atoms with Crippen LogP contribution >= 0.6 is 0 Å². The van der Waals surface area contributed by atoms with Crippen LogP contribution in [-0.2, 0) is 4.74 Å². The monoisotopic (exact) mass is 223 g/mol. The van der Waals surface area contributed by atoms with E-state index in [-0.39, 0.29) is 5.91 Å². The average molecular weight is 223 g/mol. The average Bonchev–Trinajstić information content (AvgIpc) is 2.34. The molecule has 0 aliphatic carbocycles. The van der Waals surface area contributed by atoms with Crippen molar-refractivity contribution in [2.45, 2.75) is 0 Å². The van der Waals surface area contributed by atoms with Crippen LogP contribution < -0.4 is 10.6 Å². The molecule has 5 nitrogen and oxygen atoms in total. The zero-order valence-corrected chi connectivity index (χ0v) is 9.40. The predicted octanol–water partition coefficient (Wildman–Crippen LogP) is 0.0474. The van der Waals surface area contributed by atoms with E-state index in [4.69, 9.17) is 4.74 Å². The fourth-order valence-electron chi connectivity index (χ4n) is 1.16. The first-order chi connectivity index (χ1) is 7.84. The van der Waals surface area contributed by atoms with E-state index < -0.39 is 0 Å². The molecule has 1 aromatic heterocycles. The standard InChI is InChI=1S/C11H17N3O2/c1-16-8-7-12-5-6-14-11(15)10-3-2-4-13-9-10/h2-4,9,12H,5-8H2,1H3,(H,14,15). The molecule has 1 amide bonds. The minimum Gasteiger partial charge on any atom is -0.383 e. The normalized spacial score (nSPS) is 10.1. The Balaban J connectivity index is 2.12. The van der Waals surface area contributed by atoms with Crippen LogP contribution in [0.1, 0.15) is 10.4 Å². The van der Waals surface area contributed by atoms with Gasteiger partial charge >= 0.3 is 0 Å². The first kappa shape index (κ1) is 12.6. The van der Waals surface area contributed by atoms with Gasteiger partial charge in [0.15, 0.2) is 0 Å². The molecule has 1 aromatic rings. The van der Waals surface area contributed by atoms with Crippen molar-refractivity contribution in [2.24, 2.45) is 0 Å². The summed E-state index contributed by atoms with van der Waals surface area (Å²) in [7, 11) is 1.66. The first-order valence-electron chi connectivity index (χ1n) is 5.22. The van der Waals surface area contributed by atoms with Gasteiger partial charge in [0, 0.05) is 39.1 Å². The number of pyridine rings is 1. The third-order valence-corrected chi connectivity index (χ3v) is 1.99. The number of aromatic nitrogens is 1. The maximum Gasteiger partial charge on any atom is 0.252 e. The molecule has 0 spiro atoms. The summed E-state index contributed by atoms with van der Waals surface area (Å²) in [5, 5.41) is 5.93. The van der Waals surface area contributed by atoms with E-state index in [0.29, 0.717) is 18.7 Å². The second-order valence-electron chi connectivity index (χ2n) is 3.24. The fraction of sp³-hybridized carbons (Fsp3) is 0.455. The maximum atomic E-state index is 11.5. The lowest BCUT2D eigenvalue weighted by Crippen LogP contribution is -2.33. The summed E-state index contributed by atoms with van der Waals surface area (Å²) < 4.78 is 4.88. The van der Waals surface area contributed by atoms with E-state index in [0.717, 1.165) is 13.1 Å². The van der Waals surface area contributed by atoms with Crippen LogP contribution in [0.25, 0.3) is 0 Å². The number of hydrogen-bond acceptors (Lipinski definition) is 4. The fourth-order valence-corrected chi connectivity index (χ4v) is 1.16. The van der Waals surface area contributed by atoms with Crippen molar-refractivity contribution in [2.75, 3.05) is 33.4 Å². The summed E-state index contributed by atoms with van der Waals surface area (Å²) in [6.07, 6.45) is 3.19. The Morgan fingerprint density at radius 3 is 3.00 bits per heavy atom. The van der Waals surface area contributed by atoms with E-state index in [1.54, 1.807) is 31.6 Å². The van der Waals surface area contributed by atoms with E-state index >= 15 is 0 Å². The lowest BCUT2D eigenvalue weighted by Gasteiger charge is -2.06. The van der Waals surface area contributed by atoms with Crippen LogP contribution in [0.15, 0.2) is 24.5 Å². The van der Waals surface area contributed by atoms with Crippen molar-refractivity contribution < 1.29 is 9.53 Å². The van der Waals surface area contributed by atoms with Gasteiger partial charge in [-0.25, -0.2) is 0 Å². The molecule has 0 aromatic carbocycles. The van der Waals surface area contributed by atoms with Crippen LogP contribution in [-0.4, -0.2) is 44.2 Å². The third kappa shape index (κ3) is 4.86. The highest BCUT2D eigenvalue weighted by Gasteiger charge is 2.02. The third-order valence-electron chi connectivity index (χ3n) is 1.99. The number of hydrogen-bond donors (Lipinski definition) is 2. The summed E-state index contributed by atoms with van der Waals surface area (Å²) in [5.74, 6) is -0.0957. The highest BCUT2D eigenvalue weighted by Crippen LogP contribution is 1.93. The van der Waals surface area contributed by atoms with Gasteiger partial charge in [0.2, 0.25) is 0 Å². The molecule has 0 radical (unpaired) electrons. The van der Waals surface area contributed by atoms with E-state index in [2.05, 4.69) is 15.6 Å². The summed E-state index contributed by atoms with van der Waals surface area (Å²) in [6.45, 7) is 2.79. The van der Waals surface area contributed by atoms with Gasteiger partial charge in [-0.15, -0.1) is 0 Å². The minimum atomic E-state index is -0.0957. The summed E-state index contributed by atoms with van der Waals surface area (Å²) in [5.41, 5.74) is 0.583. The quantitative estimate of drug-likeness (QED) is 0.641. The molecule has 0 saturated heterocycles. The summed E-state index contributed by atoms with van der Waals surface area (Å²) in [4.78, 5) is 15.4. The molecule has 0 aliphatic rings. The van der Waals surface area contributed by atoms with Crippen LogP contribution in [0, 0.1) is 0 Å². The van der Waals surface area contributed by atoms with Gasteiger partial charge in [0.25, 0.3) is 5.91 Å². The number of carbonyl (C=O) groups excluding carboxylic acids is 1. The molecular weight excluding hydrogens is 206 g/mol. The molecule has 0 atom stereocenters. The Morgan fingerprint density at radius 2 is 2.31 bits per heavy atom. The van der Waals surface area contributed by atoms with Crippen LogP contribution in [0.2, 0.25) is 0 Å². The molecule has 1 heterocycles. The molecule has 0 saturated carbocycles. The SMILES string of the molecule is COCCNCCNC(=O)c1cccnc1. The Hall–Kier alpha value is -1.46. The molecule has 1 rings (SSSR count). The van der Waals surface area contributed by atoms with Gasteiger partial charge in [0.05, 0.1) is 12.2 Å². The number of nitrogens with one attached hydrogen (secondary N) is 2. The largest absolute Gasteiger partial charge is 0.383 e. The maximum absolute atomic E-state index is 11.5. The van der Waals surface area contributed by atoms with Gasteiger partial charge < -0.3 is 15.4 Å². The van der Waals surface area contributed by atoms with Crippen LogP contribution in [0.3, 0.4) is 0 Å². The van der Waals surface area contributed by atoms with Gasteiger partial charge in [-0.05, 0) is 12.1 Å². The van der Waals surface area contributed by atoms with Crippen LogP contribution in [0.4, 0.5) is 0 Å². The molecule has 16 heavy (non-hydrogen) atoms. The van der Waals surface area contributed by atoms with Crippen molar-refractivity contribution in [3.63, 3.8) is 0 Å². The number of methoxy groups -OCH3 is 1. The molecule has 0 unspecified atom stereocenters. The molecule has 5 heteroatoms. The second-order valence-corrected chi connectivity index (χ2v) is 3.24. The Bertz CT molecular complexity index is 303. The Labute approximate surface area is 95.2 Å². The minimum absolute atomic E-state index is 0.0957. The predicted molar refractivity (Wildman–Crippen MR) is 61.3 cm³/mol. The van der Waals surface area contributed by atoms with E-state index in [9.17, 15) is 4.79 Å². The van der Waals surface area contributed by atoms with E-state index in [1.807, 2.05) is 0 Å². The second kappa shape index (κ2) is 7.78. The number of rotatable bonds is 7. The van der Waals surface area contributed by atoms with Gasteiger partial charge in [-0.2, -0.15) is 0 Å². The van der Waals surface area contributed by atoms with Gasteiger partial charge in [-0.3, -0.25) is 9.78 Å². The van der Waals surface area contributed by atoms with E-state index in [1.165, 1.54) is 0 Å². The van der Waals surface area contributed by atoms with Crippen molar-refractivity contribution in [3.8, 4) is 0 Å². The summed E-state index contributed by atoms with van der Waals surface area (Å²) >= 11 is 0. The molecule has 0 bridgehead atoms. The highest BCUT2D eigenvalue weighted by atomic mass is 16.5. The number of nitrogens with zero attached hydrogens (tertiary/aromatic N) is 1. The first-order valence-corrected chi connectivity index (χ1v) is 5.22. The molecule has 0 fully saturated rings. The van der Waals surface area contributed by atoms with Crippen molar-refractivity contribution in [3.05, 3.63) is 30.1 Å². The van der Waals surface area contributed by atoms with Crippen molar-refractivity contribution in [1.29, 1.82) is 0 Å². The zero-order valence-electron chi connectivity index (χ0n) is 9.40. The van der Waals surface area contributed by atoms with Crippen molar-refractivity contribution in [1.82, 2.24) is 15.6 Å². The van der Waals surface area contributed by atoms with Gasteiger partial charge in [0.1, 0.15) is 0 Å². The summed E-state index contributed by atoms with van der Waals surface area (Å²) in [6, 6.07) is 3.48. The lowest BCUT2D eigenvalue weighted by molar-refractivity contribution is 0.0953. The number of carbonyl (C=O) groups is 1. The Morgan fingerprint density at radius 1 is 1.44 bits per heavy atom.